The molecule has 4 nitrogen and oxygen atoms in total. The first-order valence-electron chi connectivity index (χ1n) is 7.47. The van der Waals surface area contributed by atoms with Gasteiger partial charge in [0.05, 0.1) is 0 Å². The summed E-state index contributed by atoms with van der Waals surface area (Å²) in [5.41, 5.74) is 1.60. The van der Waals surface area contributed by atoms with Crippen LogP contribution in [-0.2, 0) is 5.41 Å². The largest absolute Gasteiger partial charge is 0.486 e. The molecule has 0 radical (unpaired) electrons. The predicted octanol–water partition coefficient (Wildman–Crippen LogP) is 1.64. The van der Waals surface area contributed by atoms with E-state index < -0.39 is 0 Å². The van der Waals surface area contributed by atoms with Gasteiger partial charge in [-0.1, -0.05) is 6.07 Å². The van der Waals surface area contributed by atoms with E-state index in [2.05, 4.69) is 35.5 Å². The van der Waals surface area contributed by atoms with Gasteiger partial charge in [-0.3, -0.25) is 0 Å². The lowest BCUT2D eigenvalue weighted by Crippen LogP contribution is -2.46. The summed E-state index contributed by atoms with van der Waals surface area (Å²) in [7, 11) is 4.24. The van der Waals surface area contributed by atoms with Crippen LogP contribution in [-0.4, -0.2) is 51.8 Å². The first-order valence-corrected chi connectivity index (χ1v) is 7.47. The van der Waals surface area contributed by atoms with Gasteiger partial charge in [0.2, 0.25) is 0 Å². The summed E-state index contributed by atoms with van der Waals surface area (Å²) in [5.74, 6) is 1.79. The van der Waals surface area contributed by atoms with Gasteiger partial charge in [-0.2, -0.15) is 0 Å². The number of hydrogen-bond acceptors (Lipinski definition) is 4. The first-order chi connectivity index (χ1) is 9.73. The van der Waals surface area contributed by atoms with Gasteiger partial charge in [0.1, 0.15) is 13.2 Å². The lowest BCUT2D eigenvalue weighted by molar-refractivity contribution is 0.167. The van der Waals surface area contributed by atoms with Crippen LogP contribution in [0.15, 0.2) is 18.2 Å². The molecule has 0 aromatic heterocycles. The minimum absolute atomic E-state index is 0.219. The fraction of sp³-hybridized carbons (Fsp3) is 0.625. The Morgan fingerprint density at radius 3 is 2.55 bits per heavy atom. The van der Waals surface area contributed by atoms with Gasteiger partial charge in [-0.25, -0.2) is 0 Å². The number of likely N-dealkylation sites (tertiary alicyclic amines) is 1. The molecule has 0 bridgehead atoms. The zero-order chi connectivity index (χ0) is 14.0. The molecule has 2 heterocycles. The van der Waals surface area contributed by atoms with Gasteiger partial charge in [0.25, 0.3) is 0 Å². The molecule has 110 valence electrons. The van der Waals surface area contributed by atoms with Crippen LogP contribution in [0.5, 0.6) is 11.5 Å². The Balaban J connectivity index is 1.91. The maximum Gasteiger partial charge on any atom is 0.161 e. The second-order valence-corrected chi connectivity index (χ2v) is 5.97. The zero-order valence-electron chi connectivity index (χ0n) is 12.4. The second kappa shape index (κ2) is 5.62. The van der Waals surface area contributed by atoms with E-state index in [0.29, 0.717) is 13.2 Å². The van der Waals surface area contributed by atoms with Gasteiger partial charge in [0.15, 0.2) is 11.5 Å². The monoisotopic (exact) mass is 276 g/mol. The number of piperidine rings is 1. The summed E-state index contributed by atoms with van der Waals surface area (Å²) in [6.45, 7) is 4.61. The maximum absolute atomic E-state index is 5.74. The summed E-state index contributed by atoms with van der Waals surface area (Å²) >= 11 is 0. The number of hydrogen-bond donors (Lipinski definition) is 1. The molecule has 0 atom stereocenters. The van der Waals surface area contributed by atoms with E-state index in [1.165, 1.54) is 18.4 Å². The molecule has 3 rings (SSSR count). The average molecular weight is 276 g/mol. The van der Waals surface area contributed by atoms with E-state index in [-0.39, 0.29) is 5.41 Å². The molecule has 0 saturated carbocycles. The van der Waals surface area contributed by atoms with Gasteiger partial charge in [-0.05, 0) is 57.7 Å². The summed E-state index contributed by atoms with van der Waals surface area (Å²) in [4.78, 5) is 2.41. The molecule has 4 heteroatoms. The Labute approximate surface area is 121 Å². The van der Waals surface area contributed by atoms with Crippen LogP contribution in [0.3, 0.4) is 0 Å². The van der Waals surface area contributed by atoms with Crippen molar-refractivity contribution >= 4 is 0 Å². The Hall–Kier alpha value is -1.26. The van der Waals surface area contributed by atoms with E-state index >= 15 is 0 Å². The normalized spacial score (nSPS) is 21.7. The molecule has 20 heavy (non-hydrogen) atoms. The van der Waals surface area contributed by atoms with Crippen molar-refractivity contribution in [1.82, 2.24) is 10.2 Å². The number of benzene rings is 1. The van der Waals surface area contributed by atoms with Crippen molar-refractivity contribution in [3.63, 3.8) is 0 Å². The Kier molecular flexibility index (Phi) is 3.85. The zero-order valence-corrected chi connectivity index (χ0v) is 12.4. The molecule has 2 aliphatic heterocycles. The smallest absolute Gasteiger partial charge is 0.161 e. The third-order valence-corrected chi connectivity index (χ3v) is 4.61. The topological polar surface area (TPSA) is 33.7 Å². The molecule has 1 fully saturated rings. The first kappa shape index (κ1) is 13.7. The third kappa shape index (κ3) is 2.50. The highest BCUT2D eigenvalue weighted by atomic mass is 16.6. The summed E-state index contributed by atoms with van der Waals surface area (Å²) in [6, 6.07) is 6.48. The van der Waals surface area contributed by atoms with Crippen LogP contribution in [0.4, 0.5) is 0 Å². The summed E-state index contributed by atoms with van der Waals surface area (Å²) in [6.07, 6.45) is 2.37. The molecule has 2 aliphatic rings. The number of fused-ring (bicyclic) bond motifs is 1. The number of rotatable bonds is 3. The molecule has 1 N–H and O–H groups in total. The van der Waals surface area contributed by atoms with Crippen LogP contribution in [0.25, 0.3) is 0 Å². The van der Waals surface area contributed by atoms with Crippen molar-refractivity contribution in [2.24, 2.45) is 0 Å². The molecule has 0 amide bonds. The summed E-state index contributed by atoms with van der Waals surface area (Å²) < 4.78 is 11.4. The Morgan fingerprint density at radius 1 is 1.15 bits per heavy atom. The van der Waals surface area contributed by atoms with Crippen molar-refractivity contribution in [1.29, 1.82) is 0 Å². The quantitative estimate of drug-likeness (QED) is 0.910. The summed E-state index contributed by atoms with van der Waals surface area (Å²) in [5, 5.41) is 3.38. The Morgan fingerprint density at radius 2 is 1.85 bits per heavy atom. The minimum Gasteiger partial charge on any atom is -0.486 e. The van der Waals surface area contributed by atoms with Crippen LogP contribution < -0.4 is 14.8 Å². The lowest BCUT2D eigenvalue weighted by atomic mass is 9.72. The van der Waals surface area contributed by atoms with Gasteiger partial charge >= 0.3 is 0 Å². The maximum atomic E-state index is 5.74. The van der Waals surface area contributed by atoms with Crippen molar-refractivity contribution in [3.05, 3.63) is 23.8 Å². The molecule has 0 aliphatic carbocycles. The van der Waals surface area contributed by atoms with Crippen molar-refractivity contribution in [3.8, 4) is 11.5 Å². The van der Waals surface area contributed by atoms with E-state index in [1.807, 2.05) is 7.05 Å². The average Bonchev–Trinajstić information content (AvgIpc) is 2.49. The van der Waals surface area contributed by atoms with E-state index in [0.717, 1.165) is 31.1 Å². The molecule has 1 aromatic rings. The van der Waals surface area contributed by atoms with Gasteiger partial charge < -0.3 is 19.7 Å². The second-order valence-electron chi connectivity index (χ2n) is 5.97. The Bertz CT molecular complexity index is 468. The van der Waals surface area contributed by atoms with Crippen molar-refractivity contribution in [2.45, 2.75) is 18.3 Å². The standard InChI is InChI=1S/C16H24N2O2/c1-17-12-16(5-7-18(2)8-6-16)13-3-4-14-15(11-13)20-10-9-19-14/h3-4,11,17H,5-10,12H2,1-2H3. The SMILES string of the molecule is CNCC1(c2ccc3c(c2)OCCO3)CCN(C)CC1. The number of nitrogens with zero attached hydrogens (tertiary/aromatic N) is 1. The number of ether oxygens (including phenoxy) is 2. The lowest BCUT2D eigenvalue weighted by Gasteiger charge is -2.41. The molecule has 0 spiro atoms. The molecule has 0 unspecified atom stereocenters. The molecular weight excluding hydrogens is 252 g/mol. The highest BCUT2D eigenvalue weighted by Crippen LogP contribution is 2.39. The van der Waals surface area contributed by atoms with Gasteiger partial charge in [0, 0.05) is 12.0 Å². The predicted molar refractivity (Wildman–Crippen MR) is 79.8 cm³/mol. The van der Waals surface area contributed by atoms with Crippen molar-refractivity contribution < 1.29 is 9.47 Å². The van der Waals surface area contributed by atoms with E-state index in [1.54, 1.807) is 0 Å². The van der Waals surface area contributed by atoms with E-state index in [9.17, 15) is 0 Å². The minimum atomic E-state index is 0.219. The van der Waals surface area contributed by atoms with Crippen LogP contribution in [0.2, 0.25) is 0 Å². The molecule has 1 saturated heterocycles. The van der Waals surface area contributed by atoms with Crippen LogP contribution in [0, 0.1) is 0 Å². The van der Waals surface area contributed by atoms with Crippen LogP contribution in [0.1, 0.15) is 18.4 Å². The van der Waals surface area contributed by atoms with Crippen LogP contribution >= 0.6 is 0 Å². The number of likely N-dealkylation sites (N-methyl/N-ethyl adjacent to an activating group) is 1. The van der Waals surface area contributed by atoms with E-state index in [4.69, 9.17) is 9.47 Å². The van der Waals surface area contributed by atoms with Crippen molar-refractivity contribution in [2.75, 3.05) is 46.9 Å². The highest BCUT2D eigenvalue weighted by Gasteiger charge is 2.35. The molecule has 1 aromatic carbocycles. The molecular formula is C16H24N2O2. The highest BCUT2D eigenvalue weighted by molar-refractivity contribution is 5.46. The fourth-order valence-corrected chi connectivity index (χ4v) is 3.33. The third-order valence-electron chi connectivity index (χ3n) is 4.61. The van der Waals surface area contributed by atoms with Gasteiger partial charge in [-0.15, -0.1) is 0 Å². The number of nitrogens with one attached hydrogen (secondary N) is 1. The fourth-order valence-electron chi connectivity index (χ4n) is 3.33.